The summed E-state index contributed by atoms with van der Waals surface area (Å²) in [4.78, 5) is 29.4. The average Bonchev–Trinajstić information content (AvgIpc) is 2.73. The quantitative estimate of drug-likeness (QED) is 0.819. The van der Waals surface area contributed by atoms with E-state index >= 15 is 0 Å². The summed E-state index contributed by atoms with van der Waals surface area (Å²) in [7, 11) is 0. The van der Waals surface area contributed by atoms with Crippen LogP contribution in [0.25, 0.3) is 0 Å². The minimum absolute atomic E-state index is 0.120. The van der Waals surface area contributed by atoms with Gasteiger partial charge in [-0.25, -0.2) is 0 Å². The SMILES string of the molecule is CC(C)(C(=O)N1CCN(CC(=O)NCC2CCCCC2)CC1)c1ccccc1. The normalized spacial score (nSPS) is 19.4. The predicted octanol–water partition coefficient (Wildman–Crippen LogP) is 2.80. The fourth-order valence-electron chi connectivity index (χ4n) is 4.39. The third kappa shape index (κ3) is 5.34. The highest BCUT2D eigenvalue weighted by Crippen LogP contribution is 2.26. The number of hydrogen-bond donors (Lipinski definition) is 1. The van der Waals surface area contributed by atoms with E-state index in [9.17, 15) is 9.59 Å². The molecule has 2 fully saturated rings. The van der Waals surface area contributed by atoms with Crippen molar-refractivity contribution in [3.63, 3.8) is 0 Å². The van der Waals surface area contributed by atoms with Crippen molar-refractivity contribution in [3.8, 4) is 0 Å². The first kappa shape index (κ1) is 20.8. The summed E-state index contributed by atoms with van der Waals surface area (Å²) in [5, 5.41) is 3.12. The lowest BCUT2D eigenvalue weighted by Crippen LogP contribution is -2.54. The van der Waals surface area contributed by atoms with E-state index in [0.717, 1.165) is 25.2 Å². The predicted molar refractivity (Wildman–Crippen MR) is 112 cm³/mol. The number of amides is 2. The van der Waals surface area contributed by atoms with Gasteiger partial charge in [-0.05, 0) is 38.2 Å². The average molecular weight is 386 g/mol. The molecule has 1 saturated carbocycles. The number of benzene rings is 1. The van der Waals surface area contributed by atoms with E-state index in [0.29, 0.717) is 25.6 Å². The largest absolute Gasteiger partial charge is 0.355 e. The van der Waals surface area contributed by atoms with Gasteiger partial charge in [0.25, 0.3) is 0 Å². The summed E-state index contributed by atoms with van der Waals surface area (Å²) in [6, 6.07) is 9.97. The van der Waals surface area contributed by atoms with Crippen LogP contribution in [-0.4, -0.2) is 60.9 Å². The van der Waals surface area contributed by atoms with Crippen LogP contribution in [0.15, 0.2) is 30.3 Å². The van der Waals surface area contributed by atoms with Crippen molar-refractivity contribution in [2.75, 3.05) is 39.3 Å². The zero-order valence-corrected chi connectivity index (χ0v) is 17.5. The standard InChI is InChI=1S/C23H35N3O2/c1-23(2,20-11-7-4-8-12-20)22(28)26-15-13-25(14-16-26)18-21(27)24-17-19-9-5-3-6-10-19/h4,7-8,11-12,19H,3,5-6,9-10,13-18H2,1-2H3,(H,24,27). The highest BCUT2D eigenvalue weighted by molar-refractivity contribution is 5.87. The molecule has 0 spiro atoms. The molecule has 3 rings (SSSR count). The zero-order chi connectivity index (χ0) is 20.0. The monoisotopic (exact) mass is 385 g/mol. The summed E-state index contributed by atoms with van der Waals surface area (Å²) in [6.07, 6.45) is 6.44. The van der Waals surface area contributed by atoms with Crippen LogP contribution in [0.1, 0.15) is 51.5 Å². The van der Waals surface area contributed by atoms with Crippen molar-refractivity contribution < 1.29 is 9.59 Å². The van der Waals surface area contributed by atoms with Gasteiger partial charge in [-0.2, -0.15) is 0 Å². The van der Waals surface area contributed by atoms with Crippen LogP contribution in [0.2, 0.25) is 0 Å². The van der Waals surface area contributed by atoms with E-state index in [2.05, 4.69) is 10.2 Å². The van der Waals surface area contributed by atoms with Gasteiger partial charge >= 0.3 is 0 Å². The number of hydrogen-bond acceptors (Lipinski definition) is 3. The topological polar surface area (TPSA) is 52.7 Å². The van der Waals surface area contributed by atoms with Gasteiger partial charge in [-0.1, -0.05) is 49.6 Å². The molecule has 2 amide bonds. The number of nitrogens with zero attached hydrogens (tertiary/aromatic N) is 2. The zero-order valence-electron chi connectivity index (χ0n) is 17.5. The molecule has 5 heteroatoms. The van der Waals surface area contributed by atoms with Gasteiger partial charge in [-0.15, -0.1) is 0 Å². The van der Waals surface area contributed by atoms with Crippen molar-refractivity contribution in [2.45, 2.75) is 51.4 Å². The molecule has 154 valence electrons. The third-order valence-corrected chi connectivity index (χ3v) is 6.37. The summed E-state index contributed by atoms with van der Waals surface area (Å²) >= 11 is 0. The van der Waals surface area contributed by atoms with Crippen LogP contribution in [0.5, 0.6) is 0 Å². The van der Waals surface area contributed by atoms with Gasteiger partial charge in [0.05, 0.1) is 12.0 Å². The molecule has 1 aliphatic heterocycles. The number of nitrogens with one attached hydrogen (secondary N) is 1. The second-order valence-electron chi connectivity index (χ2n) is 8.87. The molecule has 1 N–H and O–H groups in total. The Morgan fingerprint density at radius 1 is 1.00 bits per heavy atom. The van der Waals surface area contributed by atoms with Crippen molar-refractivity contribution in [1.29, 1.82) is 0 Å². The first-order chi connectivity index (χ1) is 13.5. The Balaban J connectivity index is 1.42. The summed E-state index contributed by atoms with van der Waals surface area (Å²) in [5.41, 5.74) is 0.519. The van der Waals surface area contributed by atoms with Gasteiger partial charge < -0.3 is 10.2 Å². The summed E-state index contributed by atoms with van der Waals surface area (Å²) in [6.45, 7) is 8.14. The molecular formula is C23H35N3O2. The molecule has 0 bridgehead atoms. The van der Waals surface area contributed by atoms with E-state index in [4.69, 9.17) is 0 Å². The molecule has 1 heterocycles. The van der Waals surface area contributed by atoms with Crippen LogP contribution in [0.4, 0.5) is 0 Å². The summed E-state index contributed by atoms with van der Waals surface area (Å²) < 4.78 is 0. The molecule has 28 heavy (non-hydrogen) atoms. The molecule has 0 radical (unpaired) electrons. The smallest absolute Gasteiger partial charge is 0.234 e. The van der Waals surface area contributed by atoms with Gasteiger partial charge in [0.1, 0.15) is 0 Å². The lowest BCUT2D eigenvalue weighted by atomic mass is 9.83. The molecule has 1 aliphatic carbocycles. The second-order valence-corrected chi connectivity index (χ2v) is 8.87. The highest BCUT2D eigenvalue weighted by Gasteiger charge is 2.35. The number of piperazine rings is 1. The second kappa shape index (κ2) is 9.55. The Kier molecular flexibility index (Phi) is 7.11. The van der Waals surface area contributed by atoms with Crippen LogP contribution in [0, 0.1) is 5.92 Å². The molecule has 2 aliphatic rings. The number of carbonyl (C=O) groups is 2. The fourth-order valence-corrected chi connectivity index (χ4v) is 4.39. The Bertz CT molecular complexity index is 645. The molecule has 1 aromatic carbocycles. The van der Waals surface area contributed by atoms with Crippen LogP contribution in [-0.2, 0) is 15.0 Å². The molecular weight excluding hydrogens is 350 g/mol. The van der Waals surface area contributed by atoms with Gasteiger partial charge in [0.15, 0.2) is 0 Å². The Labute approximate surface area is 169 Å². The van der Waals surface area contributed by atoms with Crippen LogP contribution < -0.4 is 5.32 Å². The summed E-state index contributed by atoms with van der Waals surface area (Å²) in [5.74, 6) is 0.947. The van der Waals surface area contributed by atoms with Gasteiger partial charge in [0, 0.05) is 32.7 Å². The molecule has 0 atom stereocenters. The first-order valence-electron chi connectivity index (χ1n) is 10.8. The Morgan fingerprint density at radius 3 is 2.29 bits per heavy atom. The van der Waals surface area contributed by atoms with E-state index in [-0.39, 0.29) is 11.8 Å². The van der Waals surface area contributed by atoms with Crippen molar-refractivity contribution in [2.24, 2.45) is 5.92 Å². The van der Waals surface area contributed by atoms with Crippen LogP contribution >= 0.6 is 0 Å². The first-order valence-corrected chi connectivity index (χ1v) is 10.8. The Morgan fingerprint density at radius 2 is 1.64 bits per heavy atom. The third-order valence-electron chi connectivity index (χ3n) is 6.37. The van der Waals surface area contributed by atoms with Gasteiger partial charge in [0.2, 0.25) is 11.8 Å². The van der Waals surface area contributed by atoms with Crippen molar-refractivity contribution in [1.82, 2.24) is 15.1 Å². The van der Waals surface area contributed by atoms with Crippen molar-refractivity contribution >= 4 is 11.8 Å². The molecule has 1 saturated heterocycles. The minimum Gasteiger partial charge on any atom is -0.355 e. The lowest BCUT2D eigenvalue weighted by molar-refractivity contribution is -0.138. The molecule has 0 aromatic heterocycles. The number of rotatable bonds is 6. The maximum atomic E-state index is 13.1. The molecule has 5 nitrogen and oxygen atoms in total. The number of carbonyl (C=O) groups excluding carboxylic acids is 2. The minimum atomic E-state index is -0.527. The maximum absolute atomic E-state index is 13.1. The molecule has 1 aromatic rings. The molecule has 0 unspecified atom stereocenters. The van der Waals surface area contributed by atoms with Gasteiger partial charge in [-0.3, -0.25) is 14.5 Å². The van der Waals surface area contributed by atoms with E-state index < -0.39 is 5.41 Å². The lowest BCUT2D eigenvalue weighted by Gasteiger charge is -2.38. The fraction of sp³-hybridized carbons (Fsp3) is 0.652. The highest BCUT2D eigenvalue weighted by atomic mass is 16.2. The van der Waals surface area contributed by atoms with E-state index in [1.807, 2.05) is 49.1 Å². The Hall–Kier alpha value is -1.88. The van der Waals surface area contributed by atoms with Crippen molar-refractivity contribution in [3.05, 3.63) is 35.9 Å². The maximum Gasteiger partial charge on any atom is 0.234 e. The van der Waals surface area contributed by atoms with E-state index in [1.165, 1.54) is 32.1 Å². The van der Waals surface area contributed by atoms with E-state index in [1.54, 1.807) is 0 Å². The van der Waals surface area contributed by atoms with Crippen LogP contribution in [0.3, 0.4) is 0 Å².